The van der Waals surface area contributed by atoms with Gasteiger partial charge in [-0.25, -0.2) is 0 Å². The van der Waals surface area contributed by atoms with Crippen molar-refractivity contribution in [1.82, 2.24) is 10.2 Å². The lowest BCUT2D eigenvalue weighted by Gasteiger charge is -2.32. The average Bonchev–Trinajstić information content (AvgIpc) is 3.59. The van der Waals surface area contributed by atoms with E-state index in [9.17, 15) is 9.59 Å². The molecule has 2 aromatic carbocycles. The summed E-state index contributed by atoms with van der Waals surface area (Å²) >= 11 is 1.55. The molecule has 1 N–H and O–H groups in total. The average molecular weight is 493 g/mol. The molecule has 1 fully saturated rings. The van der Waals surface area contributed by atoms with E-state index in [1.807, 2.05) is 66.0 Å². The molecule has 0 aliphatic heterocycles. The Morgan fingerprint density at radius 2 is 1.60 bits per heavy atom. The number of benzene rings is 2. The summed E-state index contributed by atoms with van der Waals surface area (Å²) in [7, 11) is 3.23. The Kier molecular flexibility index (Phi) is 8.42. The Balaban J connectivity index is 1.69. The van der Waals surface area contributed by atoms with Crippen molar-refractivity contribution in [2.75, 3.05) is 14.2 Å². The molecule has 0 saturated heterocycles. The largest absolute Gasteiger partial charge is 0.497 e. The van der Waals surface area contributed by atoms with Crippen molar-refractivity contribution in [2.24, 2.45) is 0 Å². The highest BCUT2D eigenvalue weighted by Gasteiger charge is 2.33. The van der Waals surface area contributed by atoms with E-state index in [1.165, 1.54) is 0 Å². The van der Waals surface area contributed by atoms with Gasteiger partial charge in [-0.2, -0.15) is 0 Å². The smallest absolute Gasteiger partial charge is 0.247 e. The maximum Gasteiger partial charge on any atom is 0.247 e. The number of nitrogens with zero attached hydrogens (tertiary/aromatic N) is 1. The zero-order chi connectivity index (χ0) is 24.6. The van der Waals surface area contributed by atoms with Crippen molar-refractivity contribution in [3.05, 3.63) is 82.0 Å². The Morgan fingerprint density at radius 3 is 2.17 bits per heavy atom. The van der Waals surface area contributed by atoms with E-state index in [4.69, 9.17) is 9.47 Å². The number of thiophene rings is 1. The minimum atomic E-state index is -0.754. The highest BCUT2D eigenvalue weighted by molar-refractivity contribution is 7.10. The standard InChI is InChI=1S/C28H32N2O4S/c1-33-23-13-9-20(10-14-23)19-30(26(31)18-25-8-5-17-35-25)27(21-11-15-24(34-2)16-12-21)28(32)29-22-6-3-4-7-22/h5,8-17,22,27H,3-4,6-7,18-19H2,1-2H3,(H,29,32). The van der Waals surface area contributed by atoms with Gasteiger partial charge in [-0.15, -0.1) is 11.3 Å². The molecule has 0 spiro atoms. The van der Waals surface area contributed by atoms with Gasteiger partial charge in [-0.3, -0.25) is 9.59 Å². The number of amides is 2. The van der Waals surface area contributed by atoms with Crippen molar-refractivity contribution in [3.63, 3.8) is 0 Å². The maximum absolute atomic E-state index is 13.7. The van der Waals surface area contributed by atoms with Gasteiger partial charge in [-0.05, 0) is 59.7 Å². The monoisotopic (exact) mass is 492 g/mol. The zero-order valence-electron chi connectivity index (χ0n) is 20.2. The van der Waals surface area contributed by atoms with Gasteiger partial charge in [-0.1, -0.05) is 43.2 Å². The van der Waals surface area contributed by atoms with E-state index in [2.05, 4.69) is 5.32 Å². The van der Waals surface area contributed by atoms with Crippen LogP contribution in [0.4, 0.5) is 0 Å². The van der Waals surface area contributed by atoms with Crippen LogP contribution in [0.2, 0.25) is 0 Å². The van der Waals surface area contributed by atoms with Crippen molar-refractivity contribution in [3.8, 4) is 11.5 Å². The quantitative estimate of drug-likeness (QED) is 0.426. The summed E-state index contributed by atoms with van der Waals surface area (Å²) in [6.07, 6.45) is 4.43. The lowest BCUT2D eigenvalue weighted by atomic mass is 10.0. The topological polar surface area (TPSA) is 67.9 Å². The molecule has 0 radical (unpaired) electrons. The van der Waals surface area contributed by atoms with Gasteiger partial charge in [0.15, 0.2) is 0 Å². The molecule has 7 heteroatoms. The van der Waals surface area contributed by atoms with Crippen LogP contribution in [0, 0.1) is 0 Å². The molecule has 1 heterocycles. The summed E-state index contributed by atoms with van der Waals surface area (Å²) in [5.74, 6) is 1.21. The highest BCUT2D eigenvalue weighted by atomic mass is 32.1. The predicted octanol–water partition coefficient (Wildman–Crippen LogP) is 5.14. The van der Waals surface area contributed by atoms with Crippen molar-refractivity contribution >= 4 is 23.2 Å². The molecule has 6 nitrogen and oxygen atoms in total. The number of carbonyl (C=O) groups is 2. The van der Waals surface area contributed by atoms with Crippen LogP contribution in [0.25, 0.3) is 0 Å². The SMILES string of the molecule is COc1ccc(CN(C(=O)Cc2cccs2)C(C(=O)NC2CCCC2)c2ccc(OC)cc2)cc1. The summed E-state index contributed by atoms with van der Waals surface area (Å²) in [6, 6.07) is 18.3. The van der Waals surface area contributed by atoms with E-state index in [0.29, 0.717) is 12.3 Å². The van der Waals surface area contributed by atoms with Crippen LogP contribution >= 0.6 is 11.3 Å². The number of carbonyl (C=O) groups excluding carboxylic acids is 2. The molecule has 184 valence electrons. The Bertz CT molecular complexity index is 1090. The molecule has 2 amide bonds. The second-order valence-corrected chi connectivity index (χ2v) is 9.82. The molecule has 3 aromatic rings. The molecule has 1 saturated carbocycles. The van der Waals surface area contributed by atoms with Crippen molar-refractivity contribution in [2.45, 2.75) is 50.7 Å². The summed E-state index contributed by atoms with van der Waals surface area (Å²) in [5, 5.41) is 5.19. The molecular formula is C28H32N2O4S. The van der Waals surface area contributed by atoms with Gasteiger partial charge in [0.25, 0.3) is 0 Å². The van der Waals surface area contributed by atoms with Crippen LogP contribution in [-0.2, 0) is 22.6 Å². The number of ether oxygens (including phenoxy) is 2. The van der Waals surface area contributed by atoms with Gasteiger partial charge in [0.2, 0.25) is 11.8 Å². The lowest BCUT2D eigenvalue weighted by molar-refractivity contribution is -0.141. The molecule has 1 aromatic heterocycles. The minimum Gasteiger partial charge on any atom is -0.497 e. The maximum atomic E-state index is 13.7. The first-order valence-corrected chi connectivity index (χ1v) is 12.8. The molecule has 4 rings (SSSR count). The Labute approximate surface area is 210 Å². The molecular weight excluding hydrogens is 460 g/mol. The first-order chi connectivity index (χ1) is 17.1. The number of hydrogen-bond donors (Lipinski definition) is 1. The third kappa shape index (κ3) is 6.42. The summed E-state index contributed by atoms with van der Waals surface area (Å²) in [6.45, 7) is 0.309. The van der Waals surface area contributed by atoms with Crippen LogP contribution in [0.1, 0.15) is 47.7 Å². The van der Waals surface area contributed by atoms with Crippen LogP contribution in [0.15, 0.2) is 66.0 Å². The molecule has 1 atom stereocenters. The van der Waals surface area contributed by atoms with Crippen LogP contribution in [-0.4, -0.2) is 37.0 Å². The van der Waals surface area contributed by atoms with E-state index < -0.39 is 6.04 Å². The highest BCUT2D eigenvalue weighted by Crippen LogP contribution is 2.29. The Hall–Kier alpha value is -3.32. The Morgan fingerprint density at radius 1 is 0.971 bits per heavy atom. The van der Waals surface area contributed by atoms with E-state index in [0.717, 1.165) is 47.4 Å². The first-order valence-electron chi connectivity index (χ1n) is 12.0. The fourth-order valence-electron chi connectivity index (χ4n) is 4.52. The zero-order valence-corrected chi connectivity index (χ0v) is 21.1. The lowest BCUT2D eigenvalue weighted by Crippen LogP contribution is -2.46. The van der Waals surface area contributed by atoms with E-state index >= 15 is 0 Å². The molecule has 0 bridgehead atoms. The molecule has 1 aliphatic rings. The summed E-state index contributed by atoms with van der Waals surface area (Å²) in [4.78, 5) is 30.1. The van der Waals surface area contributed by atoms with Gasteiger partial charge >= 0.3 is 0 Å². The molecule has 1 unspecified atom stereocenters. The van der Waals surface area contributed by atoms with Crippen LogP contribution < -0.4 is 14.8 Å². The van der Waals surface area contributed by atoms with E-state index in [-0.39, 0.29) is 24.3 Å². The van der Waals surface area contributed by atoms with Crippen LogP contribution in [0.3, 0.4) is 0 Å². The number of methoxy groups -OCH3 is 2. The van der Waals surface area contributed by atoms with Crippen molar-refractivity contribution in [1.29, 1.82) is 0 Å². The third-order valence-electron chi connectivity index (χ3n) is 6.43. The van der Waals surface area contributed by atoms with Gasteiger partial charge < -0.3 is 19.7 Å². The summed E-state index contributed by atoms with van der Waals surface area (Å²) in [5.41, 5.74) is 1.69. The van der Waals surface area contributed by atoms with Crippen LogP contribution in [0.5, 0.6) is 11.5 Å². The normalized spacial score (nSPS) is 14.3. The fraction of sp³-hybridized carbons (Fsp3) is 0.357. The van der Waals surface area contributed by atoms with Crippen molar-refractivity contribution < 1.29 is 19.1 Å². The van der Waals surface area contributed by atoms with Gasteiger partial charge in [0.1, 0.15) is 17.5 Å². The third-order valence-corrected chi connectivity index (χ3v) is 7.31. The number of nitrogens with one attached hydrogen (secondary N) is 1. The molecule has 1 aliphatic carbocycles. The van der Waals surface area contributed by atoms with Gasteiger partial charge in [0.05, 0.1) is 20.6 Å². The first kappa shape index (κ1) is 24.8. The number of rotatable bonds is 10. The van der Waals surface area contributed by atoms with E-state index in [1.54, 1.807) is 30.5 Å². The fourth-order valence-corrected chi connectivity index (χ4v) is 5.22. The second-order valence-electron chi connectivity index (χ2n) is 8.79. The number of hydrogen-bond acceptors (Lipinski definition) is 5. The molecule has 35 heavy (non-hydrogen) atoms. The predicted molar refractivity (Wildman–Crippen MR) is 138 cm³/mol. The second kappa shape index (κ2) is 11.9. The summed E-state index contributed by atoms with van der Waals surface area (Å²) < 4.78 is 10.6. The van der Waals surface area contributed by atoms with Gasteiger partial charge in [0, 0.05) is 17.5 Å². The minimum absolute atomic E-state index is 0.0920.